The molecule has 2 N–H and O–H groups in total. The SMILES string of the molecule is CC(C)(C)c1ccc(F)c(F)c1B(O)O. The molecule has 0 radical (unpaired) electrons. The molecule has 82 valence electrons. The van der Waals surface area contributed by atoms with Crippen molar-refractivity contribution in [3.8, 4) is 0 Å². The lowest BCUT2D eigenvalue weighted by Crippen LogP contribution is -2.40. The summed E-state index contributed by atoms with van der Waals surface area (Å²) in [5, 5.41) is 18.0. The molecule has 0 heterocycles. The van der Waals surface area contributed by atoms with Crippen molar-refractivity contribution in [3.05, 3.63) is 29.3 Å². The Morgan fingerprint density at radius 1 is 1.13 bits per heavy atom. The molecular weight excluding hydrogens is 201 g/mol. The summed E-state index contributed by atoms with van der Waals surface area (Å²) in [6, 6.07) is 2.36. The van der Waals surface area contributed by atoms with Crippen LogP contribution in [0.2, 0.25) is 0 Å². The van der Waals surface area contributed by atoms with E-state index in [2.05, 4.69) is 0 Å². The number of hydrogen-bond acceptors (Lipinski definition) is 2. The Morgan fingerprint density at radius 2 is 1.67 bits per heavy atom. The van der Waals surface area contributed by atoms with E-state index in [0.717, 1.165) is 6.07 Å². The molecular formula is C10H13BF2O2. The van der Waals surface area contributed by atoms with Gasteiger partial charge in [0.1, 0.15) is 0 Å². The second-order valence-corrected chi connectivity index (χ2v) is 4.45. The fraction of sp³-hybridized carbons (Fsp3) is 0.400. The van der Waals surface area contributed by atoms with Gasteiger partial charge in [-0.05, 0) is 17.0 Å². The smallest absolute Gasteiger partial charge is 0.423 e. The van der Waals surface area contributed by atoms with Crippen molar-refractivity contribution < 1.29 is 18.8 Å². The summed E-state index contributed by atoms with van der Waals surface area (Å²) in [6.07, 6.45) is 0. The molecule has 0 aliphatic rings. The summed E-state index contributed by atoms with van der Waals surface area (Å²) in [7, 11) is -2.00. The molecule has 0 saturated heterocycles. The zero-order chi connectivity index (χ0) is 11.8. The Hall–Kier alpha value is -0.935. The van der Waals surface area contributed by atoms with Gasteiger partial charge >= 0.3 is 7.12 Å². The molecule has 1 rings (SSSR count). The van der Waals surface area contributed by atoms with Crippen molar-refractivity contribution in [2.45, 2.75) is 26.2 Å². The lowest BCUT2D eigenvalue weighted by molar-refractivity contribution is 0.417. The average molecular weight is 214 g/mol. The summed E-state index contributed by atoms with van der Waals surface area (Å²) in [5.74, 6) is -2.27. The molecule has 0 atom stereocenters. The van der Waals surface area contributed by atoms with Crippen molar-refractivity contribution in [1.29, 1.82) is 0 Å². The standard InChI is InChI=1S/C10H13BF2O2/c1-10(2,3)6-4-5-7(12)9(13)8(6)11(14)15/h4-5,14-15H,1-3H3. The normalized spacial score (nSPS) is 11.7. The summed E-state index contributed by atoms with van der Waals surface area (Å²) in [6.45, 7) is 5.35. The minimum Gasteiger partial charge on any atom is -0.423 e. The van der Waals surface area contributed by atoms with Gasteiger partial charge in [0.15, 0.2) is 11.6 Å². The first-order chi connectivity index (χ1) is 6.75. The molecule has 5 heteroatoms. The fourth-order valence-corrected chi connectivity index (χ4v) is 1.47. The van der Waals surface area contributed by atoms with E-state index in [1.807, 2.05) is 0 Å². The van der Waals surface area contributed by atoms with Gasteiger partial charge in [-0.15, -0.1) is 0 Å². The minimum absolute atomic E-state index is 0.386. The van der Waals surface area contributed by atoms with Gasteiger partial charge < -0.3 is 10.0 Å². The first-order valence-corrected chi connectivity index (χ1v) is 4.59. The van der Waals surface area contributed by atoms with E-state index in [-0.39, 0.29) is 5.46 Å². The molecule has 0 fully saturated rings. The van der Waals surface area contributed by atoms with Crippen LogP contribution >= 0.6 is 0 Å². The molecule has 0 aromatic heterocycles. The zero-order valence-corrected chi connectivity index (χ0v) is 8.88. The van der Waals surface area contributed by atoms with Crippen molar-refractivity contribution in [2.24, 2.45) is 0 Å². The van der Waals surface area contributed by atoms with E-state index in [0.29, 0.717) is 5.56 Å². The highest BCUT2D eigenvalue weighted by molar-refractivity contribution is 6.59. The number of benzene rings is 1. The molecule has 0 aliphatic carbocycles. The molecule has 2 nitrogen and oxygen atoms in total. The first kappa shape index (κ1) is 12.1. The van der Waals surface area contributed by atoms with Crippen LogP contribution in [0.15, 0.2) is 12.1 Å². The molecule has 0 unspecified atom stereocenters. The highest BCUT2D eigenvalue weighted by Gasteiger charge is 2.29. The lowest BCUT2D eigenvalue weighted by Gasteiger charge is -2.23. The van der Waals surface area contributed by atoms with Gasteiger partial charge in [0.05, 0.1) is 0 Å². The Balaban J connectivity index is 3.47. The third-order valence-corrected chi connectivity index (χ3v) is 2.20. The average Bonchev–Trinajstić information content (AvgIpc) is 2.06. The van der Waals surface area contributed by atoms with Crippen LogP contribution in [0, 0.1) is 11.6 Å². The third kappa shape index (κ3) is 2.35. The molecule has 0 aliphatic heterocycles. The number of hydrogen-bond donors (Lipinski definition) is 2. The van der Waals surface area contributed by atoms with Gasteiger partial charge in [-0.3, -0.25) is 0 Å². The van der Waals surface area contributed by atoms with E-state index >= 15 is 0 Å². The predicted molar refractivity (Wildman–Crippen MR) is 54.9 cm³/mol. The topological polar surface area (TPSA) is 40.5 Å². The van der Waals surface area contributed by atoms with Crippen LogP contribution in [0.4, 0.5) is 8.78 Å². The maximum Gasteiger partial charge on any atom is 0.491 e. The largest absolute Gasteiger partial charge is 0.491 e. The first-order valence-electron chi connectivity index (χ1n) is 4.59. The predicted octanol–water partition coefficient (Wildman–Crippen LogP) is 0.942. The Bertz CT molecular complexity index is 372. The molecule has 0 spiro atoms. The van der Waals surface area contributed by atoms with Crippen molar-refractivity contribution in [2.75, 3.05) is 0 Å². The van der Waals surface area contributed by atoms with E-state index in [1.165, 1.54) is 6.07 Å². The van der Waals surface area contributed by atoms with Gasteiger partial charge in [-0.1, -0.05) is 26.8 Å². The van der Waals surface area contributed by atoms with Crippen LogP contribution in [0.3, 0.4) is 0 Å². The summed E-state index contributed by atoms with van der Waals surface area (Å²) < 4.78 is 26.3. The molecule has 1 aromatic rings. The van der Waals surface area contributed by atoms with Gasteiger partial charge in [0.2, 0.25) is 0 Å². The van der Waals surface area contributed by atoms with E-state index in [4.69, 9.17) is 10.0 Å². The molecule has 0 bridgehead atoms. The Labute approximate surface area is 87.7 Å². The third-order valence-electron chi connectivity index (χ3n) is 2.20. The molecule has 0 saturated carbocycles. The van der Waals surface area contributed by atoms with Gasteiger partial charge in [0.25, 0.3) is 0 Å². The maximum atomic E-state index is 13.3. The molecule has 15 heavy (non-hydrogen) atoms. The van der Waals surface area contributed by atoms with E-state index in [9.17, 15) is 8.78 Å². The summed E-state index contributed by atoms with van der Waals surface area (Å²) >= 11 is 0. The van der Waals surface area contributed by atoms with Crippen molar-refractivity contribution in [3.63, 3.8) is 0 Å². The Morgan fingerprint density at radius 3 is 2.07 bits per heavy atom. The van der Waals surface area contributed by atoms with Gasteiger partial charge in [0, 0.05) is 5.46 Å². The highest BCUT2D eigenvalue weighted by atomic mass is 19.2. The van der Waals surface area contributed by atoms with Crippen LogP contribution in [0.1, 0.15) is 26.3 Å². The van der Waals surface area contributed by atoms with Crippen molar-refractivity contribution >= 4 is 12.6 Å². The second kappa shape index (κ2) is 3.91. The number of rotatable bonds is 1. The van der Waals surface area contributed by atoms with Crippen LogP contribution in [0.5, 0.6) is 0 Å². The van der Waals surface area contributed by atoms with E-state index < -0.39 is 24.2 Å². The quantitative estimate of drug-likeness (QED) is 0.683. The highest BCUT2D eigenvalue weighted by Crippen LogP contribution is 2.22. The van der Waals surface area contributed by atoms with Crippen LogP contribution < -0.4 is 5.46 Å². The number of halogens is 2. The zero-order valence-electron chi connectivity index (χ0n) is 8.88. The van der Waals surface area contributed by atoms with E-state index in [1.54, 1.807) is 20.8 Å². The van der Waals surface area contributed by atoms with Gasteiger partial charge in [-0.2, -0.15) is 0 Å². The van der Waals surface area contributed by atoms with Crippen LogP contribution in [-0.2, 0) is 5.41 Å². The Kier molecular flexibility index (Phi) is 3.16. The van der Waals surface area contributed by atoms with Gasteiger partial charge in [-0.25, -0.2) is 8.78 Å². The summed E-state index contributed by atoms with van der Waals surface area (Å²) in [4.78, 5) is 0. The van der Waals surface area contributed by atoms with Crippen molar-refractivity contribution in [1.82, 2.24) is 0 Å². The lowest BCUT2D eigenvalue weighted by atomic mass is 9.70. The minimum atomic E-state index is -2.00. The van der Waals surface area contributed by atoms with Crippen LogP contribution in [-0.4, -0.2) is 17.2 Å². The maximum absolute atomic E-state index is 13.3. The molecule has 1 aromatic carbocycles. The van der Waals surface area contributed by atoms with Crippen LogP contribution in [0.25, 0.3) is 0 Å². The monoisotopic (exact) mass is 214 g/mol. The fourth-order valence-electron chi connectivity index (χ4n) is 1.47. The summed E-state index contributed by atoms with van der Waals surface area (Å²) in [5.41, 5.74) is -0.480. The second-order valence-electron chi connectivity index (χ2n) is 4.45. The molecule has 0 amide bonds.